The molecule has 0 saturated carbocycles. The molecule has 3 heterocycles. The van der Waals surface area contributed by atoms with Gasteiger partial charge in [-0.25, -0.2) is 4.98 Å². The third-order valence-electron chi connectivity index (χ3n) is 2.90. The van der Waals surface area contributed by atoms with Crippen LogP contribution in [0.25, 0.3) is 15.9 Å². The fourth-order valence-corrected chi connectivity index (χ4v) is 3.13. The monoisotopic (exact) mass is 322 g/mol. The number of thiophene rings is 1. The highest BCUT2D eigenvalue weighted by molar-refractivity contribution is 7.22. The Bertz CT molecular complexity index is 917. The molecule has 3 aromatic rings. The maximum atomic E-state index is 12.1. The summed E-state index contributed by atoms with van der Waals surface area (Å²) in [6.45, 7) is 0. The minimum atomic E-state index is -0.561. The second kappa shape index (κ2) is 4.83. The topological polar surface area (TPSA) is 104 Å². The van der Waals surface area contributed by atoms with E-state index in [1.54, 1.807) is 6.07 Å². The highest BCUT2D eigenvalue weighted by atomic mass is 35.5. The zero-order valence-electron chi connectivity index (χ0n) is 10.3. The van der Waals surface area contributed by atoms with Crippen molar-refractivity contribution in [2.75, 3.05) is 5.73 Å². The van der Waals surface area contributed by atoms with E-state index in [1.165, 1.54) is 29.0 Å². The first-order chi connectivity index (χ1) is 9.99. The Morgan fingerprint density at radius 3 is 2.71 bits per heavy atom. The molecule has 0 atom stereocenters. The number of pyridine rings is 2. The number of nitrogen functional groups attached to an aromatic ring is 1. The van der Waals surface area contributed by atoms with E-state index in [0.717, 1.165) is 11.3 Å². The van der Waals surface area contributed by atoms with Crippen molar-refractivity contribution in [1.29, 1.82) is 0 Å². The number of hydrogen-bond acceptors (Lipinski definition) is 6. The second-order valence-corrected chi connectivity index (χ2v) is 5.51. The van der Waals surface area contributed by atoms with Gasteiger partial charge in [0.25, 0.3) is 5.56 Å². The maximum Gasteiger partial charge on any atom is 0.349 e. The van der Waals surface area contributed by atoms with Crippen molar-refractivity contribution in [3.8, 4) is 5.69 Å². The average molecular weight is 323 g/mol. The summed E-state index contributed by atoms with van der Waals surface area (Å²) >= 11 is 6.57. The van der Waals surface area contributed by atoms with E-state index in [0.29, 0.717) is 15.9 Å². The van der Waals surface area contributed by atoms with Crippen LogP contribution in [0.1, 0.15) is 0 Å². The van der Waals surface area contributed by atoms with Gasteiger partial charge in [0.15, 0.2) is 0 Å². The molecule has 0 unspecified atom stereocenters. The van der Waals surface area contributed by atoms with Gasteiger partial charge in [0, 0.05) is 11.5 Å². The lowest BCUT2D eigenvalue weighted by Crippen LogP contribution is -2.16. The molecule has 0 fully saturated rings. The molecule has 0 aliphatic heterocycles. The van der Waals surface area contributed by atoms with Gasteiger partial charge in [0.2, 0.25) is 0 Å². The number of fused-ring (bicyclic) bond motifs is 1. The maximum absolute atomic E-state index is 12.1. The quantitative estimate of drug-likeness (QED) is 0.443. The molecular weight excluding hydrogens is 316 g/mol. The summed E-state index contributed by atoms with van der Waals surface area (Å²) in [6.07, 6.45) is 1.42. The van der Waals surface area contributed by atoms with Gasteiger partial charge in [-0.2, -0.15) is 0 Å². The van der Waals surface area contributed by atoms with Crippen LogP contribution in [-0.2, 0) is 0 Å². The summed E-state index contributed by atoms with van der Waals surface area (Å²) < 4.78 is 1.33. The third kappa shape index (κ3) is 2.14. The largest absolute Gasteiger partial charge is 0.392 e. The van der Waals surface area contributed by atoms with Gasteiger partial charge in [-0.15, -0.1) is 0 Å². The third-order valence-corrected chi connectivity index (χ3v) is 4.28. The number of aromatic nitrogens is 2. The average Bonchev–Trinajstić information content (AvgIpc) is 2.78. The van der Waals surface area contributed by atoms with E-state index in [9.17, 15) is 14.9 Å². The van der Waals surface area contributed by atoms with Crippen LogP contribution in [0.15, 0.2) is 35.3 Å². The first kappa shape index (κ1) is 13.5. The van der Waals surface area contributed by atoms with E-state index < -0.39 is 4.92 Å². The normalized spacial score (nSPS) is 10.9. The second-order valence-electron chi connectivity index (χ2n) is 4.14. The first-order valence-electron chi connectivity index (χ1n) is 5.69. The van der Waals surface area contributed by atoms with Crippen molar-refractivity contribution < 1.29 is 4.92 Å². The molecule has 21 heavy (non-hydrogen) atoms. The highest BCUT2D eigenvalue weighted by Crippen LogP contribution is 2.39. The Labute approximate surface area is 126 Å². The Hall–Kier alpha value is -2.45. The minimum Gasteiger partial charge on any atom is -0.392 e. The van der Waals surface area contributed by atoms with Crippen LogP contribution in [0.4, 0.5) is 10.7 Å². The molecule has 0 aromatic carbocycles. The van der Waals surface area contributed by atoms with Gasteiger partial charge in [-0.05, 0) is 29.5 Å². The lowest BCUT2D eigenvalue weighted by atomic mass is 10.3. The molecule has 3 aromatic heterocycles. The number of anilines is 1. The van der Waals surface area contributed by atoms with E-state index in [4.69, 9.17) is 17.3 Å². The van der Waals surface area contributed by atoms with Crippen LogP contribution in [0.5, 0.6) is 0 Å². The van der Waals surface area contributed by atoms with Gasteiger partial charge in [0.05, 0.1) is 16.8 Å². The van der Waals surface area contributed by atoms with E-state index in [-0.39, 0.29) is 21.4 Å². The molecule has 2 N–H and O–H groups in total. The summed E-state index contributed by atoms with van der Waals surface area (Å²) in [4.78, 5) is 26.8. The van der Waals surface area contributed by atoms with Gasteiger partial charge < -0.3 is 5.73 Å². The molecule has 0 radical (unpaired) electrons. The predicted molar refractivity (Wildman–Crippen MR) is 81.3 cm³/mol. The molecule has 0 amide bonds. The lowest BCUT2D eigenvalue weighted by Gasteiger charge is -2.06. The van der Waals surface area contributed by atoms with Crippen molar-refractivity contribution in [1.82, 2.24) is 9.55 Å². The molecule has 0 saturated heterocycles. The fraction of sp³-hybridized carbons (Fsp3) is 0. The number of nitrogens with zero attached hydrogens (tertiary/aromatic N) is 3. The van der Waals surface area contributed by atoms with Crippen LogP contribution in [0.3, 0.4) is 0 Å². The molecular formula is C12H7ClN4O3S. The highest BCUT2D eigenvalue weighted by Gasteiger charge is 2.22. The number of hydrogen-bond donors (Lipinski definition) is 1. The predicted octanol–water partition coefficient (Wildman–Crippen LogP) is 2.59. The van der Waals surface area contributed by atoms with Crippen LogP contribution < -0.4 is 11.3 Å². The van der Waals surface area contributed by atoms with Crippen LogP contribution >= 0.6 is 22.9 Å². The van der Waals surface area contributed by atoms with Crippen molar-refractivity contribution in [2.24, 2.45) is 0 Å². The van der Waals surface area contributed by atoms with E-state index in [1.807, 2.05) is 0 Å². The molecule has 0 aliphatic rings. The summed E-state index contributed by atoms with van der Waals surface area (Å²) in [5.74, 6) is 0. The molecule has 9 heteroatoms. The smallest absolute Gasteiger partial charge is 0.349 e. The number of rotatable bonds is 2. The van der Waals surface area contributed by atoms with Crippen molar-refractivity contribution in [3.63, 3.8) is 0 Å². The fourth-order valence-electron chi connectivity index (χ4n) is 1.97. The van der Waals surface area contributed by atoms with E-state index >= 15 is 0 Å². The number of halogens is 1. The molecule has 0 bridgehead atoms. The number of nitro groups is 1. The van der Waals surface area contributed by atoms with E-state index in [2.05, 4.69) is 4.98 Å². The zero-order valence-corrected chi connectivity index (χ0v) is 11.9. The molecule has 3 rings (SSSR count). The summed E-state index contributed by atoms with van der Waals surface area (Å²) in [5.41, 5.74) is 5.96. The first-order valence-corrected chi connectivity index (χ1v) is 6.89. The van der Waals surface area contributed by atoms with Crippen LogP contribution in [0, 0.1) is 10.1 Å². The Morgan fingerprint density at radius 2 is 2.10 bits per heavy atom. The van der Waals surface area contributed by atoms with Gasteiger partial charge in [-0.3, -0.25) is 19.5 Å². The summed E-state index contributed by atoms with van der Waals surface area (Å²) in [6, 6.07) is 5.94. The lowest BCUT2D eigenvalue weighted by molar-refractivity contribution is -0.379. The van der Waals surface area contributed by atoms with Crippen LogP contribution in [-0.4, -0.2) is 14.5 Å². The molecule has 106 valence electrons. The van der Waals surface area contributed by atoms with Crippen molar-refractivity contribution in [2.45, 2.75) is 0 Å². The van der Waals surface area contributed by atoms with Gasteiger partial charge in [-0.1, -0.05) is 11.6 Å². The molecule has 0 spiro atoms. The summed E-state index contributed by atoms with van der Waals surface area (Å²) in [5, 5.41) is 11.5. The van der Waals surface area contributed by atoms with Gasteiger partial charge in [0.1, 0.15) is 15.7 Å². The Balaban J connectivity index is 2.39. The summed E-state index contributed by atoms with van der Waals surface area (Å²) in [7, 11) is 0. The molecule has 0 aliphatic carbocycles. The van der Waals surface area contributed by atoms with Gasteiger partial charge >= 0.3 is 5.00 Å². The number of nitrogens with two attached hydrogens (primary N) is 1. The van der Waals surface area contributed by atoms with Crippen LogP contribution in [0.2, 0.25) is 5.15 Å². The Morgan fingerprint density at radius 1 is 1.33 bits per heavy atom. The SMILES string of the molecule is Nc1c([N+](=O)[O-])sc2c1ccc(=O)n2-c1ccc(Cl)nc1. The molecule has 7 nitrogen and oxygen atoms in total. The Kier molecular flexibility index (Phi) is 3.11. The van der Waals surface area contributed by atoms with Crippen molar-refractivity contribution >= 4 is 43.8 Å². The minimum absolute atomic E-state index is 0.0515. The zero-order chi connectivity index (χ0) is 15.1. The van der Waals surface area contributed by atoms with Crippen molar-refractivity contribution in [3.05, 3.63) is 56.1 Å². The standard InChI is InChI=1S/C12H7ClN4O3S/c13-8-3-1-6(5-15-8)16-9(18)4-2-7-10(14)12(17(19)20)21-11(7)16/h1-5H,14H2.